The maximum Gasteiger partial charge on any atom is 0.308 e. The average molecular weight is 414 g/mol. The van der Waals surface area contributed by atoms with Gasteiger partial charge in [-0.1, -0.05) is 27.7 Å². The van der Waals surface area contributed by atoms with Crippen LogP contribution in [-0.2, 0) is 23.8 Å². The number of hydrogen-bond acceptors (Lipinski definition) is 9. The third kappa shape index (κ3) is 3.68. The zero-order valence-corrected chi connectivity index (χ0v) is 17.2. The number of hydrogen-bond donors (Lipinski definition) is 1. The van der Waals surface area contributed by atoms with E-state index in [9.17, 15) is 14.9 Å². The van der Waals surface area contributed by atoms with Gasteiger partial charge in [0.1, 0.15) is 24.0 Å². The van der Waals surface area contributed by atoms with E-state index in [1.807, 2.05) is 6.07 Å². The summed E-state index contributed by atoms with van der Waals surface area (Å²) in [6.07, 6.45) is -2.07. The van der Waals surface area contributed by atoms with Gasteiger partial charge >= 0.3 is 11.9 Å². The highest BCUT2D eigenvalue weighted by molar-refractivity contribution is 5.73. The quantitative estimate of drug-likeness (QED) is 0.722. The van der Waals surface area contributed by atoms with Gasteiger partial charge in [0.15, 0.2) is 23.6 Å². The maximum atomic E-state index is 12.4. The van der Waals surface area contributed by atoms with Crippen molar-refractivity contribution >= 4 is 23.3 Å². The Hall–Kier alpha value is -3.19. The van der Waals surface area contributed by atoms with Crippen LogP contribution in [0.4, 0.5) is 5.82 Å². The maximum absolute atomic E-state index is 12.4. The monoisotopic (exact) mass is 414 g/mol. The Morgan fingerprint density at radius 1 is 1.27 bits per heavy atom. The number of aromatic nitrogens is 3. The molecule has 2 aromatic rings. The molecule has 1 aliphatic heterocycles. The highest BCUT2D eigenvalue weighted by Gasteiger charge is 2.59. The van der Waals surface area contributed by atoms with E-state index >= 15 is 0 Å². The molecule has 3 rings (SSSR count). The summed E-state index contributed by atoms with van der Waals surface area (Å²) < 4.78 is 18.6. The minimum Gasteiger partial charge on any atom is -0.455 e. The highest BCUT2D eigenvalue weighted by atomic mass is 16.6. The van der Waals surface area contributed by atoms with Gasteiger partial charge in [-0.05, 0) is 19.1 Å². The number of nitrogens with zero attached hydrogens (tertiary/aromatic N) is 4. The van der Waals surface area contributed by atoms with Gasteiger partial charge in [-0.15, -0.1) is 0 Å². The van der Waals surface area contributed by atoms with E-state index < -0.39 is 47.7 Å². The molecule has 4 atom stereocenters. The Labute approximate surface area is 173 Å². The number of fused-ring (bicyclic) bond motifs is 1. The predicted molar refractivity (Wildman–Crippen MR) is 104 cm³/mol. The van der Waals surface area contributed by atoms with Gasteiger partial charge < -0.3 is 19.9 Å². The van der Waals surface area contributed by atoms with Crippen molar-refractivity contribution in [1.29, 1.82) is 5.26 Å². The first-order chi connectivity index (χ1) is 14.1. The van der Waals surface area contributed by atoms with Crippen molar-refractivity contribution in [3.05, 3.63) is 31.1 Å². The molecule has 2 N–H and O–H groups in total. The van der Waals surface area contributed by atoms with Gasteiger partial charge in [-0.25, -0.2) is 9.50 Å². The SMILES string of the molecule is [CH2][C@]1(C#N)O[C@@H](c2ccc3c(N)ncnn23)[C@H](OC(=O)C(C)C)[C@@H]1OC(=O)C(C)C. The molecule has 2 aromatic heterocycles. The van der Waals surface area contributed by atoms with Crippen LogP contribution < -0.4 is 5.73 Å². The summed E-state index contributed by atoms with van der Waals surface area (Å²) >= 11 is 0. The van der Waals surface area contributed by atoms with Crippen LogP contribution in [0.25, 0.3) is 5.52 Å². The summed E-state index contributed by atoms with van der Waals surface area (Å²) in [5.74, 6) is -1.76. The number of nitrogen functional groups attached to an aromatic ring is 1. The number of nitriles is 1. The molecule has 0 unspecified atom stereocenters. The molecule has 10 nitrogen and oxygen atoms in total. The number of ether oxygens (including phenoxy) is 3. The number of esters is 2. The standard InChI is InChI=1S/C20H24N5O5/c1-10(2)18(26)28-15-14(12-6-7-13-17(22)23-9-24-25(12)13)30-20(5,8-21)16(15)29-19(27)11(3)4/h6-7,9-11,14-16H,5H2,1-4H3,(H2,22,23,24)/t14-,15-,16-,20+/m0/s1. The molecule has 30 heavy (non-hydrogen) atoms. The van der Waals surface area contributed by atoms with Crippen molar-refractivity contribution in [2.45, 2.75) is 51.6 Å². The van der Waals surface area contributed by atoms with Crippen LogP contribution in [0.3, 0.4) is 0 Å². The largest absolute Gasteiger partial charge is 0.455 e. The zero-order valence-electron chi connectivity index (χ0n) is 17.2. The number of carbonyl (C=O) groups excluding carboxylic acids is 2. The van der Waals surface area contributed by atoms with Crippen molar-refractivity contribution in [3.8, 4) is 6.07 Å². The van der Waals surface area contributed by atoms with Gasteiger partial charge in [-0.3, -0.25) is 9.59 Å². The number of nitrogens with two attached hydrogens (primary N) is 1. The van der Waals surface area contributed by atoms with Gasteiger partial charge in [0, 0.05) is 0 Å². The molecule has 3 heterocycles. The van der Waals surface area contributed by atoms with E-state index in [0.717, 1.165) is 0 Å². The second-order valence-electron chi connectivity index (χ2n) is 7.81. The molecule has 1 radical (unpaired) electrons. The minimum absolute atomic E-state index is 0.244. The highest BCUT2D eigenvalue weighted by Crippen LogP contribution is 2.43. The molecule has 0 aromatic carbocycles. The first-order valence-corrected chi connectivity index (χ1v) is 9.52. The van der Waals surface area contributed by atoms with Crippen molar-refractivity contribution in [3.63, 3.8) is 0 Å². The van der Waals surface area contributed by atoms with Crippen LogP contribution in [0.5, 0.6) is 0 Å². The third-order valence-electron chi connectivity index (χ3n) is 4.82. The van der Waals surface area contributed by atoms with Crippen LogP contribution in [0.15, 0.2) is 18.5 Å². The van der Waals surface area contributed by atoms with Gasteiger partial charge in [0.05, 0.1) is 17.5 Å². The molecule has 1 saturated heterocycles. The zero-order chi connectivity index (χ0) is 22.2. The van der Waals surface area contributed by atoms with Gasteiger partial charge in [-0.2, -0.15) is 10.4 Å². The van der Waals surface area contributed by atoms with Crippen LogP contribution in [0.1, 0.15) is 39.5 Å². The lowest BCUT2D eigenvalue weighted by Crippen LogP contribution is -2.45. The fourth-order valence-electron chi connectivity index (χ4n) is 3.11. The fraction of sp³-hybridized carbons (Fsp3) is 0.500. The summed E-state index contributed by atoms with van der Waals surface area (Å²) in [6, 6.07) is 5.30. The second kappa shape index (κ2) is 7.91. The minimum atomic E-state index is -1.79. The molecule has 1 fully saturated rings. The molecule has 10 heteroatoms. The van der Waals surface area contributed by atoms with E-state index in [1.165, 1.54) is 10.8 Å². The fourth-order valence-corrected chi connectivity index (χ4v) is 3.11. The van der Waals surface area contributed by atoms with Gasteiger partial charge in [0.25, 0.3) is 0 Å². The van der Waals surface area contributed by atoms with E-state index in [4.69, 9.17) is 19.9 Å². The molecule has 0 amide bonds. The molecular formula is C20H24N5O5. The van der Waals surface area contributed by atoms with E-state index in [1.54, 1.807) is 39.8 Å². The van der Waals surface area contributed by atoms with Crippen molar-refractivity contribution < 1.29 is 23.8 Å². The lowest BCUT2D eigenvalue weighted by molar-refractivity contribution is -0.171. The van der Waals surface area contributed by atoms with Gasteiger partial charge in [0.2, 0.25) is 0 Å². The molecule has 0 spiro atoms. The number of carbonyl (C=O) groups is 2. The second-order valence-corrected chi connectivity index (χ2v) is 7.81. The van der Waals surface area contributed by atoms with Crippen LogP contribution in [0, 0.1) is 30.1 Å². The first-order valence-electron chi connectivity index (χ1n) is 9.52. The Morgan fingerprint density at radius 2 is 1.90 bits per heavy atom. The average Bonchev–Trinajstić information content (AvgIpc) is 3.23. The smallest absolute Gasteiger partial charge is 0.308 e. The summed E-state index contributed by atoms with van der Waals surface area (Å²) in [7, 11) is 0. The van der Waals surface area contributed by atoms with Crippen molar-refractivity contribution in [2.75, 3.05) is 5.73 Å². The summed E-state index contributed by atoms with van der Waals surface area (Å²) in [4.78, 5) is 28.7. The first kappa shape index (κ1) is 21.5. The Bertz CT molecular complexity index is 1010. The summed E-state index contributed by atoms with van der Waals surface area (Å²) in [5, 5.41) is 13.9. The Kier molecular flexibility index (Phi) is 5.67. The summed E-state index contributed by atoms with van der Waals surface area (Å²) in [6.45, 7) is 10.5. The normalized spacial score (nSPS) is 26.1. The molecular weight excluding hydrogens is 390 g/mol. The van der Waals surface area contributed by atoms with Crippen molar-refractivity contribution in [2.24, 2.45) is 11.8 Å². The van der Waals surface area contributed by atoms with E-state index in [2.05, 4.69) is 17.0 Å². The lowest BCUT2D eigenvalue weighted by atomic mass is 9.96. The topological polar surface area (TPSA) is 142 Å². The van der Waals surface area contributed by atoms with Crippen molar-refractivity contribution in [1.82, 2.24) is 14.6 Å². The molecule has 0 bridgehead atoms. The predicted octanol–water partition coefficient (Wildman–Crippen LogP) is 1.61. The summed E-state index contributed by atoms with van der Waals surface area (Å²) in [5.41, 5.74) is 5.07. The molecule has 0 aliphatic carbocycles. The lowest BCUT2D eigenvalue weighted by Gasteiger charge is -2.27. The third-order valence-corrected chi connectivity index (χ3v) is 4.82. The Morgan fingerprint density at radius 3 is 2.50 bits per heavy atom. The van der Waals surface area contributed by atoms with Crippen LogP contribution in [0.2, 0.25) is 0 Å². The number of anilines is 1. The number of rotatable bonds is 5. The molecule has 159 valence electrons. The van der Waals surface area contributed by atoms with E-state index in [0.29, 0.717) is 11.2 Å². The Balaban J connectivity index is 2.10. The molecule has 1 aliphatic rings. The molecule has 0 saturated carbocycles. The van der Waals surface area contributed by atoms with E-state index in [-0.39, 0.29) is 5.82 Å². The van der Waals surface area contributed by atoms with Crippen LogP contribution >= 0.6 is 0 Å². The van der Waals surface area contributed by atoms with Crippen LogP contribution in [-0.4, -0.2) is 44.3 Å².